The van der Waals surface area contributed by atoms with E-state index in [1.807, 2.05) is 0 Å². The number of rotatable bonds is 0. The van der Waals surface area contributed by atoms with Gasteiger partial charge in [-0.3, -0.25) is 4.21 Å². The summed E-state index contributed by atoms with van der Waals surface area (Å²) in [5, 5.41) is 0.857. The van der Waals surface area contributed by atoms with Gasteiger partial charge < -0.3 is 0 Å². The lowest BCUT2D eigenvalue weighted by molar-refractivity contribution is 0.488. The lowest BCUT2D eigenvalue weighted by Crippen LogP contribution is -2.46. The molecule has 0 amide bonds. The lowest BCUT2D eigenvalue weighted by atomic mass is 9.99. The fraction of sp³-hybridized carbons (Fsp3) is 1.00. The Kier molecular flexibility index (Phi) is 2.97. The molecule has 0 aromatic heterocycles. The summed E-state index contributed by atoms with van der Waals surface area (Å²) in [5.41, 5.74) is 0. The fourth-order valence-corrected chi connectivity index (χ4v) is 6.50. The van der Waals surface area contributed by atoms with Crippen molar-refractivity contribution in [2.75, 3.05) is 0 Å². The van der Waals surface area contributed by atoms with Gasteiger partial charge in [0.25, 0.3) is 0 Å². The molecule has 2 rings (SSSR count). The molecule has 0 radical (unpaired) electrons. The number of fused-ring (bicyclic) bond motifs is 2. The molecule has 2 fully saturated rings. The molecule has 0 saturated carbocycles. The van der Waals surface area contributed by atoms with Crippen molar-refractivity contribution in [3.8, 4) is 0 Å². The van der Waals surface area contributed by atoms with E-state index in [0.717, 1.165) is 12.8 Å². The lowest BCUT2D eigenvalue weighted by Gasteiger charge is -2.39. The van der Waals surface area contributed by atoms with Gasteiger partial charge in [0.1, 0.15) is 0 Å². The van der Waals surface area contributed by atoms with Gasteiger partial charge in [-0.25, -0.2) is 0 Å². The predicted molar refractivity (Wildman–Crippen MR) is 59.6 cm³/mol. The largest absolute Gasteiger partial charge is 0.259 e. The van der Waals surface area contributed by atoms with Crippen LogP contribution in [0.25, 0.3) is 0 Å². The zero-order valence-corrected chi connectivity index (χ0v) is 10.7. The molecule has 0 N–H and O–H groups in total. The van der Waals surface area contributed by atoms with Gasteiger partial charge in [0.05, 0.1) is 0 Å². The van der Waals surface area contributed by atoms with Crippen LogP contribution in [0.15, 0.2) is 0 Å². The first-order chi connectivity index (χ1) is 5.70. The summed E-state index contributed by atoms with van der Waals surface area (Å²) < 4.78 is 11.9. The summed E-state index contributed by atoms with van der Waals surface area (Å²) in [5.74, 6) is 0. The summed E-state index contributed by atoms with van der Waals surface area (Å²) >= 11 is 7.26. The van der Waals surface area contributed by atoms with E-state index in [0.29, 0.717) is 20.2 Å². The molecular weight excluding hydrogens is 304 g/mol. The van der Waals surface area contributed by atoms with Crippen molar-refractivity contribution in [3.63, 3.8) is 0 Å². The van der Waals surface area contributed by atoms with Gasteiger partial charge in [0.15, 0.2) is 0 Å². The van der Waals surface area contributed by atoms with E-state index in [2.05, 4.69) is 31.9 Å². The van der Waals surface area contributed by atoms with E-state index in [1.165, 1.54) is 12.8 Å². The molecule has 0 aliphatic carbocycles. The summed E-state index contributed by atoms with van der Waals surface area (Å²) in [6.45, 7) is 0. The molecule has 1 nitrogen and oxygen atoms in total. The van der Waals surface area contributed by atoms with Crippen LogP contribution in [0, 0.1) is 0 Å². The minimum atomic E-state index is -0.590. The van der Waals surface area contributed by atoms with E-state index in [9.17, 15) is 4.21 Å². The molecule has 70 valence electrons. The Labute approximate surface area is 92.4 Å². The Bertz CT molecular complexity index is 189. The summed E-state index contributed by atoms with van der Waals surface area (Å²) in [6, 6.07) is 0. The molecule has 2 aliphatic rings. The average Bonchev–Trinajstić information content (AvgIpc) is 2.01. The third-order valence-corrected chi connectivity index (χ3v) is 8.07. The Balaban J connectivity index is 2.18. The molecule has 2 saturated heterocycles. The minimum Gasteiger partial charge on any atom is -0.259 e. The molecule has 0 spiro atoms. The van der Waals surface area contributed by atoms with Crippen LogP contribution in [0.3, 0.4) is 0 Å². The zero-order chi connectivity index (χ0) is 8.72. The molecule has 4 unspecified atom stereocenters. The second kappa shape index (κ2) is 3.70. The van der Waals surface area contributed by atoms with Crippen molar-refractivity contribution in [1.29, 1.82) is 0 Å². The summed E-state index contributed by atoms with van der Waals surface area (Å²) in [4.78, 5) is 1.02. The van der Waals surface area contributed by atoms with Crippen LogP contribution < -0.4 is 0 Å². The maximum Gasteiger partial charge on any atom is 0.0476 e. The number of halogens is 2. The van der Waals surface area contributed by atoms with Crippen molar-refractivity contribution in [3.05, 3.63) is 0 Å². The van der Waals surface area contributed by atoms with Gasteiger partial charge in [0, 0.05) is 31.0 Å². The van der Waals surface area contributed by atoms with Gasteiger partial charge >= 0.3 is 0 Å². The number of hydrogen-bond acceptors (Lipinski definition) is 1. The maximum atomic E-state index is 11.9. The predicted octanol–water partition coefficient (Wildman–Crippen LogP) is 2.59. The first-order valence-electron chi connectivity index (χ1n) is 4.37. The second-order valence-corrected chi connectivity index (χ2v) is 7.81. The Morgan fingerprint density at radius 3 is 1.75 bits per heavy atom. The highest BCUT2D eigenvalue weighted by molar-refractivity contribution is 9.10. The normalized spacial score (nSPS) is 53.7. The van der Waals surface area contributed by atoms with Gasteiger partial charge in [-0.2, -0.15) is 0 Å². The van der Waals surface area contributed by atoms with Crippen LogP contribution >= 0.6 is 31.9 Å². The highest BCUT2D eigenvalue weighted by Gasteiger charge is 2.42. The molecule has 2 bridgehead atoms. The second-order valence-electron chi connectivity index (χ2n) is 3.59. The third-order valence-electron chi connectivity index (χ3n) is 2.86. The van der Waals surface area contributed by atoms with Crippen LogP contribution in [0.5, 0.6) is 0 Å². The highest BCUT2D eigenvalue weighted by Crippen LogP contribution is 2.39. The fourth-order valence-electron chi connectivity index (χ4n) is 2.13. The monoisotopic (exact) mass is 314 g/mol. The molecular formula is C8H12Br2OS. The summed E-state index contributed by atoms with van der Waals surface area (Å²) in [7, 11) is -0.590. The Morgan fingerprint density at radius 1 is 0.917 bits per heavy atom. The first kappa shape index (κ1) is 9.66. The average molecular weight is 316 g/mol. The molecule has 0 aromatic rings. The molecule has 4 atom stereocenters. The zero-order valence-electron chi connectivity index (χ0n) is 6.71. The SMILES string of the molecule is O=S1C2CCC(Br)C1CCC2Br. The molecule has 2 aliphatic heterocycles. The van der Waals surface area contributed by atoms with E-state index < -0.39 is 10.8 Å². The molecule has 12 heavy (non-hydrogen) atoms. The van der Waals surface area contributed by atoms with Crippen LogP contribution in [0.1, 0.15) is 25.7 Å². The van der Waals surface area contributed by atoms with Crippen molar-refractivity contribution in [2.24, 2.45) is 0 Å². The Hall–Kier alpha value is 1.11. The van der Waals surface area contributed by atoms with Crippen molar-refractivity contribution in [2.45, 2.75) is 45.8 Å². The van der Waals surface area contributed by atoms with Crippen LogP contribution in [-0.4, -0.2) is 24.4 Å². The van der Waals surface area contributed by atoms with E-state index in [1.54, 1.807) is 0 Å². The maximum absolute atomic E-state index is 11.9. The summed E-state index contributed by atoms with van der Waals surface area (Å²) in [6.07, 6.45) is 4.64. The first-order valence-corrected chi connectivity index (χ1v) is 7.48. The standard InChI is InChI=1S/C8H12Br2OS/c9-5-1-3-7-6(10)2-4-8(5)12(7)11/h5-8H,1-4H2. The van der Waals surface area contributed by atoms with Gasteiger partial charge in [0.2, 0.25) is 0 Å². The van der Waals surface area contributed by atoms with Gasteiger partial charge in [-0.05, 0) is 25.7 Å². The van der Waals surface area contributed by atoms with E-state index in [4.69, 9.17) is 0 Å². The van der Waals surface area contributed by atoms with Crippen molar-refractivity contribution >= 4 is 42.7 Å². The van der Waals surface area contributed by atoms with Gasteiger partial charge in [-0.1, -0.05) is 31.9 Å². The third kappa shape index (κ3) is 1.55. The molecule has 0 aromatic carbocycles. The number of hydrogen-bond donors (Lipinski definition) is 0. The Morgan fingerprint density at radius 2 is 1.33 bits per heavy atom. The van der Waals surface area contributed by atoms with E-state index >= 15 is 0 Å². The van der Waals surface area contributed by atoms with Crippen molar-refractivity contribution in [1.82, 2.24) is 0 Å². The van der Waals surface area contributed by atoms with Crippen molar-refractivity contribution < 1.29 is 4.21 Å². The van der Waals surface area contributed by atoms with Crippen LogP contribution in [0.4, 0.5) is 0 Å². The molecule has 4 heteroatoms. The molecule has 2 heterocycles. The number of alkyl halides is 2. The highest BCUT2D eigenvalue weighted by atomic mass is 79.9. The van der Waals surface area contributed by atoms with E-state index in [-0.39, 0.29) is 0 Å². The van der Waals surface area contributed by atoms with Gasteiger partial charge in [-0.15, -0.1) is 0 Å². The smallest absolute Gasteiger partial charge is 0.0476 e. The quantitative estimate of drug-likeness (QED) is 0.628. The van der Waals surface area contributed by atoms with Crippen LogP contribution in [0.2, 0.25) is 0 Å². The minimum absolute atomic E-state index is 0.428. The topological polar surface area (TPSA) is 17.1 Å². The van der Waals surface area contributed by atoms with Crippen LogP contribution in [-0.2, 0) is 10.8 Å².